The Bertz CT molecular complexity index is 868. The van der Waals surface area contributed by atoms with Crippen molar-refractivity contribution in [3.63, 3.8) is 0 Å². The fourth-order valence-electron chi connectivity index (χ4n) is 2.17. The van der Waals surface area contributed by atoms with Crippen LogP contribution in [0.4, 0.5) is 0 Å². The molecule has 3 rings (SSSR count). The zero-order valence-corrected chi connectivity index (χ0v) is 13.5. The van der Waals surface area contributed by atoms with Crippen LogP contribution < -0.4 is 10.2 Å². The molecule has 3 aromatic rings. The van der Waals surface area contributed by atoms with E-state index in [1.807, 2.05) is 66.2 Å². The number of hydrogen-bond donors (Lipinski definition) is 1. The summed E-state index contributed by atoms with van der Waals surface area (Å²) in [6.45, 7) is 0.387. The van der Waals surface area contributed by atoms with Crippen LogP contribution in [0.25, 0.3) is 10.2 Å². The van der Waals surface area contributed by atoms with Crippen LogP contribution in [0.2, 0.25) is 0 Å². The van der Waals surface area contributed by atoms with Crippen LogP contribution in [-0.4, -0.2) is 17.1 Å². The number of nitrogens with zero attached hydrogens (tertiary/aromatic N) is 2. The third-order valence-corrected chi connectivity index (χ3v) is 4.45. The molecule has 0 atom stereocenters. The average molecular weight is 327 g/mol. The van der Waals surface area contributed by atoms with E-state index in [9.17, 15) is 4.79 Å². The van der Waals surface area contributed by atoms with E-state index in [1.165, 1.54) is 11.3 Å². The lowest BCUT2D eigenvalue weighted by Crippen LogP contribution is -2.26. The van der Waals surface area contributed by atoms with Crippen LogP contribution in [0.3, 0.4) is 0 Å². The Hall–Kier alpha value is -2.44. The van der Waals surface area contributed by atoms with Crippen molar-refractivity contribution in [1.82, 2.24) is 9.99 Å². The number of aryl methyl sites for hydroxylation is 1. The molecule has 0 saturated heterocycles. The highest BCUT2D eigenvalue weighted by Gasteiger charge is 2.03. The van der Waals surface area contributed by atoms with E-state index in [0.717, 1.165) is 20.6 Å². The maximum Gasteiger partial charge on any atom is 0.266 e. The lowest BCUT2D eigenvalue weighted by molar-refractivity contribution is -0.126. The molecule has 0 aliphatic carbocycles. The van der Waals surface area contributed by atoms with Crippen molar-refractivity contribution in [3.8, 4) is 0 Å². The van der Waals surface area contributed by atoms with E-state index >= 15 is 0 Å². The first kappa shape index (κ1) is 15.5. The average Bonchev–Trinajstić information content (AvgIpc) is 2.90. The fraction of sp³-hybridized carbons (Fsp3) is 0.176. The number of amides is 1. The number of rotatable bonds is 5. The zero-order valence-electron chi connectivity index (χ0n) is 12.7. The van der Waals surface area contributed by atoms with Gasteiger partial charge in [-0.05, 0) is 17.7 Å². The van der Waals surface area contributed by atoms with Gasteiger partial charge in [-0.3, -0.25) is 4.79 Å². The number of thiazole rings is 1. The molecule has 118 valence electrons. The fourth-order valence-corrected chi connectivity index (χ4v) is 3.15. The summed E-state index contributed by atoms with van der Waals surface area (Å²) in [5, 5.41) is 4.17. The second-order valence-corrected chi connectivity index (χ2v) is 6.05. The molecule has 1 amide bonds. The number of aromatic nitrogens is 1. The Balaban J connectivity index is 1.58. The lowest BCUT2D eigenvalue weighted by Gasteiger charge is -2.03. The lowest BCUT2D eigenvalue weighted by atomic mass is 10.2. The van der Waals surface area contributed by atoms with Crippen LogP contribution in [0.15, 0.2) is 59.7 Å². The van der Waals surface area contributed by atoms with E-state index < -0.39 is 0 Å². The summed E-state index contributed by atoms with van der Waals surface area (Å²) in [5.41, 5.74) is 4.66. The number of benzene rings is 2. The van der Waals surface area contributed by atoms with Crippen molar-refractivity contribution in [2.75, 3.05) is 6.61 Å². The number of para-hydroxylation sites is 1. The minimum atomic E-state index is -0.265. The molecule has 1 heterocycles. The molecule has 0 saturated carbocycles. The molecule has 0 radical (unpaired) electrons. The quantitative estimate of drug-likeness (QED) is 0.732. The van der Waals surface area contributed by atoms with Gasteiger partial charge in [0.15, 0.2) is 0 Å². The summed E-state index contributed by atoms with van der Waals surface area (Å²) in [5.74, 6) is -0.265. The molecular formula is C17H17N3O2S. The van der Waals surface area contributed by atoms with E-state index in [-0.39, 0.29) is 12.5 Å². The highest BCUT2D eigenvalue weighted by Crippen LogP contribution is 2.14. The molecule has 0 unspecified atom stereocenters. The summed E-state index contributed by atoms with van der Waals surface area (Å²) in [6, 6.07) is 17.8. The predicted molar refractivity (Wildman–Crippen MR) is 90.6 cm³/mol. The van der Waals surface area contributed by atoms with Gasteiger partial charge in [0.2, 0.25) is 4.80 Å². The monoisotopic (exact) mass is 327 g/mol. The molecule has 0 bridgehead atoms. The molecule has 0 aliphatic rings. The Morgan fingerprint density at radius 2 is 1.91 bits per heavy atom. The Kier molecular flexibility index (Phi) is 4.85. The summed E-state index contributed by atoms with van der Waals surface area (Å²) in [6.07, 6.45) is 0. The van der Waals surface area contributed by atoms with E-state index in [0.29, 0.717) is 6.61 Å². The highest BCUT2D eigenvalue weighted by molar-refractivity contribution is 7.16. The number of nitrogens with one attached hydrogen (secondary N) is 1. The largest absolute Gasteiger partial charge is 0.367 e. The van der Waals surface area contributed by atoms with Crippen LogP contribution >= 0.6 is 11.3 Å². The van der Waals surface area contributed by atoms with Crippen molar-refractivity contribution in [2.45, 2.75) is 6.61 Å². The first-order chi connectivity index (χ1) is 11.2. The topological polar surface area (TPSA) is 55.6 Å². The molecule has 0 fully saturated rings. The Labute approximate surface area is 137 Å². The van der Waals surface area contributed by atoms with Gasteiger partial charge >= 0.3 is 0 Å². The maximum atomic E-state index is 11.8. The van der Waals surface area contributed by atoms with Gasteiger partial charge in [-0.2, -0.15) is 0 Å². The number of carbonyl (C=O) groups is 1. The van der Waals surface area contributed by atoms with Gasteiger partial charge < -0.3 is 9.30 Å². The summed E-state index contributed by atoms with van der Waals surface area (Å²) >= 11 is 1.53. The van der Waals surface area contributed by atoms with Gasteiger partial charge in [0, 0.05) is 7.05 Å². The molecule has 5 nitrogen and oxygen atoms in total. The van der Waals surface area contributed by atoms with Crippen LogP contribution in [-0.2, 0) is 23.2 Å². The van der Waals surface area contributed by atoms with Crippen molar-refractivity contribution in [1.29, 1.82) is 0 Å². The molecule has 1 aromatic heterocycles. The van der Waals surface area contributed by atoms with Crippen molar-refractivity contribution >= 4 is 27.5 Å². The standard InChI is InChI=1S/C17H17N3O2S/c1-20-14-9-5-6-10-15(14)23-17(20)19-18-16(21)12-22-11-13-7-3-2-4-8-13/h2-10H,11-12H2,1H3,(H,18,21)/b19-17+. The van der Waals surface area contributed by atoms with E-state index in [4.69, 9.17) is 4.74 Å². The predicted octanol–water partition coefficient (Wildman–Crippen LogP) is 2.39. The third-order valence-electron chi connectivity index (χ3n) is 3.34. The number of hydrogen-bond acceptors (Lipinski definition) is 4. The molecule has 0 aliphatic heterocycles. The zero-order chi connectivity index (χ0) is 16.1. The SMILES string of the molecule is Cn1/c(=N\NC(=O)COCc2ccccc2)sc2ccccc21. The van der Waals surface area contributed by atoms with Gasteiger partial charge in [-0.25, -0.2) is 5.43 Å². The molecule has 23 heavy (non-hydrogen) atoms. The van der Waals surface area contributed by atoms with Crippen LogP contribution in [0, 0.1) is 0 Å². The maximum absolute atomic E-state index is 11.8. The summed E-state index contributed by atoms with van der Waals surface area (Å²) < 4.78 is 8.46. The molecule has 1 N–H and O–H groups in total. The van der Waals surface area contributed by atoms with Gasteiger partial charge in [-0.15, -0.1) is 5.10 Å². The van der Waals surface area contributed by atoms with Gasteiger partial charge in [0.05, 0.1) is 16.8 Å². The van der Waals surface area contributed by atoms with Crippen molar-refractivity contribution in [3.05, 3.63) is 65.0 Å². The van der Waals surface area contributed by atoms with Crippen LogP contribution in [0.5, 0.6) is 0 Å². The van der Waals surface area contributed by atoms with E-state index in [1.54, 1.807) is 0 Å². The van der Waals surface area contributed by atoms with Gasteiger partial charge in [0.1, 0.15) is 6.61 Å². The minimum Gasteiger partial charge on any atom is -0.367 e. The highest BCUT2D eigenvalue weighted by atomic mass is 32.1. The second-order valence-electron chi connectivity index (χ2n) is 5.04. The smallest absolute Gasteiger partial charge is 0.266 e. The molecule has 6 heteroatoms. The minimum absolute atomic E-state index is 0.0208. The molecule has 0 spiro atoms. The first-order valence-electron chi connectivity index (χ1n) is 7.23. The third kappa shape index (κ3) is 3.85. The first-order valence-corrected chi connectivity index (χ1v) is 8.04. The summed E-state index contributed by atoms with van der Waals surface area (Å²) in [7, 11) is 1.93. The molecule has 2 aromatic carbocycles. The number of fused-ring (bicyclic) bond motifs is 1. The van der Waals surface area contributed by atoms with Gasteiger partial charge in [-0.1, -0.05) is 53.8 Å². The summed E-state index contributed by atoms with van der Waals surface area (Å²) in [4.78, 5) is 12.5. The normalized spacial score (nSPS) is 11.8. The Morgan fingerprint density at radius 3 is 2.70 bits per heavy atom. The molecular weight excluding hydrogens is 310 g/mol. The van der Waals surface area contributed by atoms with E-state index in [2.05, 4.69) is 10.5 Å². The number of ether oxygens (including phenoxy) is 1. The van der Waals surface area contributed by atoms with Crippen molar-refractivity contribution < 1.29 is 9.53 Å². The van der Waals surface area contributed by atoms with Gasteiger partial charge in [0.25, 0.3) is 5.91 Å². The van der Waals surface area contributed by atoms with Crippen molar-refractivity contribution in [2.24, 2.45) is 12.1 Å². The second kappa shape index (κ2) is 7.21. The number of carbonyl (C=O) groups excluding carboxylic acids is 1. The van der Waals surface area contributed by atoms with Crippen LogP contribution in [0.1, 0.15) is 5.56 Å². The Morgan fingerprint density at radius 1 is 1.17 bits per heavy atom.